The van der Waals surface area contributed by atoms with Crippen LogP contribution in [0.5, 0.6) is 0 Å². The summed E-state index contributed by atoms with van der Waals surface area (Å²) in [7, 11) is 0. The summed E-state index contributed by atoms with van der Waals surface area (Å²) < 4.78 is 15.6. The zero-order valence-corrected chi connectivity index (χ0v) is 10.5. The van der Waals surface area contributed by atoms with Crippen molar-refractivity contribution in [3.8, 4) is 5.69 Å². The molecule has 0 spiro atoms. The Kier molecular flexibility index (Phi) is 2.99. The number of rotatable bonds is 2. The fraction of sp³-hybridized carbons (Fsp3) is 0.100. The molecule has 1 aromatic carbocycles. The largest absolute Gasteiger partial charge is 0.293 e. The lowest BCUT2D eigenvalue weighted by molar-refractivity contribution is 0.101. The summed E-state index contributed by atoms with van der Waals surface area (Å²) in [6, 6.07) is 4.74. The Labute approximate surface area is 105 Å². The van der Waals surface area contributed by atoms with Crippen molar-refractivity contribution in [3.05, 3.63) is 39.5 Å². The van der Waals surface area contributed by atoms with Crippen LogP contribution in [0.3, 0.4) is 0 Å². The number of Topliss-reactive ketones (excluding diaryl/α,β-unsaturated/α-hetero) is 1. The summed E-state index contributed by atoms with van der Waals surface area (Å²) in [6.45, 7) is 1.39. The first kappa shape index (κ1) is 11.2. The Balaban J connectivity index is 2.46. The molecule has 0 unspecified atom stereocenters. The van der Waals surface area contributed by atoms with Crippen LogP contribution in [-0.2, 0) is 0 Å². The van der Waals surface area contributed by atoms with E-state index in [1.165, 1.54) is 23.9 Å². The molecule has 0 fully saturated rings. The number of ketones is 1. The maximum absolute atomic E-state index is 13.6. The van der Waals surface area contributed by atoms with Crippen LogP contribution in [0.2, 0.25) is 0 Å². The molecular weight excluding hydrogens is 324 g/mol. The summed E-state index contributed by atoms with van der Waals surface area (Å²) in [5.41, 5.74) is 0.498. The quantitative estimate of drug-likeness (QED) is 0.626. The minimum atomic E-state index is -0.396. The predicted molar refractivity (Wildman–Crippen MR) is 64.0 cm³/mol. The molecule has 1 aromatic heterocycles. The zero-order valence-electron chi connectivity index (χ0n) is 8.32. The highest BCUT2D eigenvalue weighted by molar-refractivity contribution is 14.1. The first-order valence-electron chi connectivity index (χ1n) is 4.46. The second-order valence-corrected chi connectivity index (χ2v) is 4.45. The van der Waals surface area contributed by atoms with Gasteiger partial charge in [0.15, 0.2) is 5.78 Å². The molecule has 0 atom stereocenters. The molecule has 0 N–H and O–H groups in total. The van der Waals surface area contributed by atoms with Gasteiger partial charge < -0.3 is 0 Å². The van der Waals surface area contributed by atoms with E-state index in [1.54, 1.807) is 12.1 Å². The van der Waals surface area contributed by atoms with Crippen LogP contribution in [-0.4, -0.2) is 20.8 Å². The van der Waals surface area contributed by atoms with Crippen molar-refractivity contribution in [1.29, 1.82) is 0 Å². The number of nitrogens with zero attached hydrogens (tertiary/aromatic N) is 3. The summed E-state index contributed by atoms with van der Waals surface area (Å²) in [5, 5.41) is 7.35. The fourth-order valence-electron chi connectivity index (χ4n) is 1.21. The molecule has 0 amide bonds. The molecule has 0 radical (unpaired) electrons. The fourth-order valence-corrected chi connectivity index (χ4v) is 1.66. The van der Waals surface area contributed by atoms with Crippen molar-refractivity contribution in [1.82, 2.24) is 15.0 Å². The SMILES string of the molecule is CC(=O)c1cn(-c2ccc(I)cc2F)nn1. The van der Waals surface area contributed by atoms with Crippen LogP contribution in [0.1, 0.15) is 17.4 Å². The number of benzene rings is 1. The van der Waals surface area contributed by atoms with E-state index in [4.69, 9.17) is 0 Å². The highest BCUT2D eigenvalue weighted by Crippen LogP contribution is 2.15. The van der Waals surface area contributed by atoms with Crippen molar-refractivity contribution < 1.29 is 9.18 Å². The van der Waals surface area contributed by atoms with Crippen LogP contribution in [0.15, 0.2) is 24.4 Å². The van der Waals surface area contributed by atoms with E-state index in [0.717, 1.165) is 3.57 Å². The van der Waals surface area contributed by atoms with Crippen LogP contribution < -0.4 is 0 Å². The van der Waals surface area contributed by atoms with Gasteiger partial charge in [0, 0.05) is 10.5 Å². The minimum absolute atomic E-state index is 0.197. The molecule has 0 aliphatic rings. The van der Waals surface area contributed by atoms with Gasteiger partial charge in [-0.05, 0) is 40.8 Å². The number of carbonyl (C=O) groups excluding carboxylic acids is 1. The second kappa shape index (κ2) is 4.28. The van der Waals surface area contributed by atoms with Crippen molar-refractivity contribution in [2.75, 3.05) is 0 Å². The van der Waals surface area contributed by atoms with Gasteiger partial charge >= 0.3 is 0 Å². The molecule has 82 valence electrons. The number of carbonyl (C=O) groups is 1. The lowest BCUT2D eigenvalue weighted by Crippen LogP contribution is -1.98. The molecular formula is C10H7FIN3O. The van der Waals surface area contributed by atoms with Gasteiger partial charge in [0.05, 0.1) is 6.20 Å². The van der Waals surface area contributed by atoms with Crippen molar-refractivity contribution >= 4 is 28.4 Å². The second-order valence-electron chi connectivity index (χ2n) is 3.20. The molecule has 0 saturated carbocycles. The van der Waals surface area contributed by atoms with E-state index in [1.807, 2.05) is 22.6 Å². The Morgan fingerprint density at radius 1 is 1.50 bits per heavy atom. The number of hydrogen-bond acceptors (Lipinski definition) is 3. The van der Waals surface area contributed by atoms with E-state index in [2.05, 4.69) is 10.3 Å². The molecule has 0 aliphatic carbocycles. The zero-order chi connectivity index (χ0) is 11.7. The van der Waals surface area contributed by atoms with Gasteiger partial charge in [-0.25, -0.2) is 9.07 Å². The van der Waals surface area contributed by atoms with E-state index in [0.29, 0.717) is 0 Å². The first-order chi connectivity index (χ1) is 7.58. The maximum atomic E-state index is 13.6. The molecule has 0 aliphatic heterocycles. The Morgan fingerprint density at radius 2 is 2.25 bits per heavy atom. The third-order valence-corrected chi connectivity index (χ3v) is 2.68. The molecule has 2 aromatic rings. The highest BCUT2D eigenvalue weighted by Gasteiger charge is 2.10. The van der Waals surface area contributed by atoms with E-state index in [-0.39, 0.29) is 17.2 Å². The van der Waals surface area contributed by atoms with Gasteiger partial charge in [-0.1, -0.05) is 5.21 Å². The average Bonchev–Trinajstić information content (AvgIpc) is 2.66. The summed E-state index contributed by atoms with van der Waals surface area (Å²) in [5.74, 6) is -0.593. The van der Waals surface area contributed by atoms with Gasteiger partial charge in [-0.15, -0.1) is 5.10 Å². The molecule has 0 bridgehead atoms. The van der Waals surface area contributed by atoms with Crippen molar-refractivity contribution in [3.63, 3.8) is 0 Å². The normalized spacial score (nSPS) is 10.4. The van der Waals surface area contributed by atoms with Gasteiger partial charge in [-0.2, -0.15) is 0 Å². The molecule has 6 heteroatoms. The molecule has 0 saturated heterocycles. The lowest BCUT2D eigenvalue weighted by atomic mass is 10.3. The summed E-state index contributed by atoms with van der Waals surface area (Å²) >= 11 is 2.02. The highest BCUT2D eigenvalue weighted by atomic mass is 127. The van der Waals surface area contributed by atoms with Gasteiger partial charge in [0.2, 0.25) is 0 Å². The topological polar surface area (TPSA) is 47.8 Å². The van der Waals surface area contributed by atoms with Crippen molar-refractivity contribution in [2.24, 2.45) is 0 Å². The maximum Gasteiger partial charge on any atom is 0.181 e. The molecule has 2 rings (SSSR count). The summed E-state index contributed by atoms with van der Waals surface area (Å²) in [4.78, 5) is 11.0. The smallest absolute Gasteiger partial charge is 0.181 e. The average molecular weight is 331 g/mol. The molecule has 1 heterocycles. The Hall–Kier alpha value is -1.31. The number of aromatic nitrogens is 3. The molecule has 16 heavy (non-hydrogen) atoms. The predicted octanol–water partition coefficient (Wildman–Crippen LogP) is 2.21. The van der Waals surface area contributed by atoms with E-state index in [9.17, 15) is 9.18 Å². The standard InChI is InChI=1S/C10H7FIN3O/c1-6(16)9-5-15(14-13-9)10-3-2-7(12)4-8(10)11/h2-5H,1H3. The lowest BCUT2D eigenvalue weighted by Gasteiger charge is -2.01. The third-order valence-electron chi connectivity index (χ3n) is 2.01. The number of hydrogen-bond donors (Lipinski definition) is 0. The van der Waals surface area contributed by atoms with Gasteiger partial charge in [0.1, 0.15) is 17.2 Å². The van der Waals surface area contributed by atoms with Crippen LogP contribution in [0.25, 0.3) is 5.69 Å². The Bertz CT molecular complexity index is 553. The van der Waals surface area contributed by atoms with E-state index >= 15 is 0 Å². The van der Waals surface area contributed by atoms with Crippen molar-refractivity contribution in [2.45, 2.75) is 6.92 Å². The van der Waals surface area contributed by atoms with Crippen LogP contribution >= 0.6 is 22.6 Å². The number of halogens is 2. The van der Waals surface area contributed by atoms with Gasteiger partial charge in [0.25, 0.3) is 0 Å². The third kappa shape index (κ3) is 2.11. The summed E-state index contributed by atoms with van der Waals surface area (Å²) in [6.07, 6.45) is 1.41. The van der Waals surface area contributed by atoms with Crippen LogP contribution in [0, 0.1) is 9.39 Å². The van der Waals surface area contributed by atoms with Crippen LogP contribution in [0.4, 0.5) is 4.39 Å². The minimum Gasteiger partial charge on any atom is -0.293 e. The van der Waals surface area contributed by atoms with E-state index < -0.39 is 5.82 Å². The first-order valence-corrected chi connectivity index (χ1v) is 5.54. The monoisotopic (exact) mass is 331 g/mol. The van der Waals surface area contributed by atoms with Gasteiger partial charge in [-0.3, -0.25) is 4.79 Å². The Morgan fingerprint density at radius 3 is 2.81 bits per heavy atom. The molecule has 4 nitrogen and oxygen atoms in total.